The van der Waals surface area contributed by atoms with Gasteiger partial charge in [-0.1, -0.05) is 90.2 Å². The first kappa shape index (κ1) is 25.0. The summed E-state index contributed by atoms with van der Waals surface area (Å²) >= 11 is 0. The zero-order chi connectivity index (χ0) is 22.2. The molecule has 0 aliphatic carbocycles. The number of ether oxygens (including phenoxy) is 1. The van der Waals surface area contributed by atoms with Crippen LogP contribution in [-0.2, 0) is 11.2 Å². The van der Waals surface area contributed by atoms with Crippen LogP contribution in [0.25, 0.3) is 11.4 Å². The summed E-state index contributed by atoms with van der Waals surface area (Å²) in [5.41, 5.74) is 2.68. The number of carbonyl (C=O) groups is 1. The fourth-order valence-electron chi connectivity index (χ4n) is 3.63. The van der Waals surface area contributed by atoms with Crippen molar-refractivity contribution < 1.29 is 9.53 Å². The third kappa shape index (κ3) is 10.1. The zero-order valence-corrected chi connectivity index (χ0v) is 19.6. The molecular formula is C27H40N2O2. The number of esters is 1. The molecule has 0 aliphatic heterocycles. The van der Waals surface area contributed by atoms with E-state index in [1.54, 1.807) is 12.1 Å². The van der Waals surface area contributed by atoms with E-state index in [1.165, 1.54) is 69.8 Å². The minimum atomic E-state index is -0.252. The fourth-order valence-corrected chi connectivity index (χ4v) is 3.63. The molecule has 0 unspecified atom stereocenters. The quantitative estimate of drug-likeness (QED) is 0.206. The summed E-state index contributed by atoms with van der Waals surface area (Å²) in [7, 11) is 0. The number of carbonyl (C=O) groups excluding carboxylic acids is 1. The van der Waals surface area contributed by atoms with Crippen molar-refractivity contribution in [3.05, 3.63) is 47.8 Å². The van der Waals surface area contributed by atoms with Crippen LogP contribution in [0.5, 0.6) is 0 Å². The lowest BCUT2D eigenvalue weighted by Crippen LogP contribution is -2.06. The average molecular weight is 425 g/mol. The summed E-state index contributed by atoms with van der Waals surface area (Å²) in [6.07, 6.45) is 19.7. The Bertz CT molecular complexity index is 726. The van der Waals surface area contributed by atoms with Gasteiger partial charge in [0.05, 0.1) is 12.2 Å². The minimum absolute atomic E-state index is 0.252. The first-order valence-electron chi connectivity index (χ1n) is 12.3. The van der Waals surface area contributed by atoms with Gasteiger partial charge in [0.25, 0.3) is 0 Å². The van der Waals surface area contributed by atoms with Crippen LogP contribution in [0.2, 0.25) is 0 Å². The van der Waals surface area contributed by atoms with Crippen molar-refractivity contribution in [1.29, 1.82) is 0 Å². The number of nitrogens with zero attached hydrogens (tertiary/aromatic N) is 2. The Morgan fingerprint density at radius 3 is 1.90 bits per heavy atom. The van der Waals surface area contributed by atoms with Gasteiger partial charge in [0.1, 0.15) is 0 Å². The third-order valence-electron chi connectivity index (χ3n) is 5.63. The minimum Gasteiger partial charge on any atom is -0.462 e. The molecule has 4 heteroatoms. The molecule has 2 rings (SSSR count). The van der Waals surface area contributed by atoms with Crippen LogP contribution in [0.3, 0.4) is 0 Å². The van der Waals surface area contributed by atoms with Crippen LogP contribution in [0.15, 0.2) is 36.7 Å². The molecule has 0 fully saturated rings. The maximum absolute atomic E-state index is 12.2. The molecule has 0 bridgehead atoms. The second kappa shape index (κ2) is 15.6. The van der Waals surface area contributed by atoms with Gasteiger partial charge in [-0.25, -0.2) is 14.8 Å². The normalized spacial score (nSPS) is 10.9. The van der Waals surface area contributed by atoms with Gasteiger partial charge >= 0.3 is 5.97 Å². The first-order valence-corrected chi connectivity index (χ1v) is 12.3. The molecule has 0 N–H and O–H groups in total. The monoisotopic (exact) mass is 424 g/mol. The Hall–Kier alpha value is -2.23. The van der Waals surface area contributed by atoms with Crippen molar-refractivity contribution in [1.82, 2.24) is 9.97 Å². The van der Waals surface area contributed by atoms with Crippen LogP contribution in [0.4, 0.5) is 0 Å². The molecule has 4 nitrogen and oxygen atoms in total. The predicted octanol–water partition coefficient (Wildman–Crippen LogP) is 7.56. The van der Waals surface area contributed by atoms with Gasteiger partial charge in [0.2, 0.25) is 0 Å². The van der Waals surface area contributed by atoms with Gasteiger partial charge in [-0.15, -0.1) is 0 Å². The van der Waals surface area contributed by atoms with Gasteiger partial charge in [0, 0.05) is 18.0 Å². The Morgan fingerprint density at radius 2 is 1.29 bits per heavy atom. The van der Waals surface area contributed by atoms with Crippen molar-refractivity contribution in [2.75, 3.05) is 6.61 Å². The Morgan fingerprint density at radius 1 is 0.742 bits per heavy atom. The third-order valence-corrected chi connectivity index (χ3v) is 5.63. The van der Waals surface area contributed by atoms with Gasteiger partial charge < -0.3 is 4.74 Å². The lowest BCUT2D eigenvalue weighted by atomic mass is 10.1. The molecule has 0 amide bonds. The molecule has 0 saturated heterocycles. The van der Waals surface area contributed by atoms with Crippen LogP contribution < -0.4 is 0 Å². The largest absolute Gasteiger partial charge is 0.462 e. The second-order valence-electron chi connectivity index (χ2n) is 8.41. The van der Waals surface area contributed by atoms with E-state index in [0.29, 0.717) is 18.0 Å². The predicted molar refractivity (Wildman–Crippen MR) is 128 cm³/mol. The number of hydrogen-bond donors (Lipinski definition) is 0. The maximum Gasteiger partial charge on any atom is 0.338 e. The SMILES string of the molecule is CCCCCCCCCCOC(=O)c1ccc(-c2ncc(CCCCCC)cn2)cc1. The summed E-state index contributed by atoms with van der Waals surface area (Å²) < 4.78 is 5.42. The highest BCUT2D eigenvalue weighted by atomic mass is 16.5. The smallest absolute Gasteiger partial charge is 0.338 e. The highest BCUT2D eigenvalue weighted by molar-refractivity contribution is 5.89. The Labute approximate surface area is 188 Å². The van der Waals surface area contributed by atoms with E-state index in [9.17, 15) is 4.79 Å². The number of unbranched alkanes of at least 4 members (excludes halogenated alkanes) is 10. The second-order valence-corrected chi connectivity index (χ2v) is 8.41. The molecule has 1 aromatic heterocycles. The number of rotatable bonds is 16. The summed E-state index contributed by atoms with van der Waals surface area (Å²) in [5, 5.41) is 0. The van der Waals surface area contributed by atoms with Crippen LogP contribution >= 0.6 is 0 Å². The molecule has 170 valence electrons. The summed E-state index contributed by atoms with van der Waals surface area (Å²) in [4.78, 5) is 21.2. The van der Waals surface area contributed by atoms with E-state index in [4.69, 9.17) is 4.74 Å². The Kier molecular flexibility index (Phi) is 12.6. The van der Waals surface area contributed by atoms with Gasteiger partial charge in [0.15, 0.2) is 5.82 Å². The molecule has 2 aromatic rings. The van der Waals surface area contributed by atoms with Crippen LogP contribution in [-0.4, -0.2) is 22.5 Å². The van der Waals surface area contributed by atoms with Crippen molar-refractivity contribution in [2.24, 2.45) is 0 Å². The van der Waals surface area contributed by atoms with E-state index in [2.05, 4.69) is 23.8 Å². The van der Waals surface area contributed by atoms with E-state index in [1.807, 2.05) is 24.5 Å². The maximum atomic E-state index is 12.2. The molecule has 0 atom stereocenters. The van der Waals surface area contributed by atoms with Crippen LogP contribution in [0, 0.1) is 0 Å². The van der Waals surface area contributed by atoms with Crippen molar-refractivity contribution >= 4 is 5.97 Å². The summed E-state index contributed by atoms with van der Waals surface area (Å²) in [6, 6.07) is 7.38. The van der Waals surface area contributed by atoms with Crippen molar-refractivity contribution in [3.8, 4) is 11.4 Å². The van der Waals surface area contributed by atoms with Crippen molar-refractivity contribution in [3.63, 3.8) is 0 Å². The fraction of sp³-hybridized carbons (Fsp3) is 0.593. The van der Waals surface area contributed by atoms with E-state index < -0.39 is 0 Å². The number of hydrogen-bond acceptors (Lipinski definition) is 4. The lowest BCUT2D eigenvalue weighted by molar-refractivity contribution is 0.0497. The van der Waals surface area contributed by atoms with Gasteiger partial charge in [-0.05, 0) is 37.0 Å². The van der Waals surface area contributed by atoms with Crippen LogP contribution in [0.1, 0.15) is 107 Å². The zero-order valence-electron chi connectivity index (χ0n) is 19.6. The lowest BCUT2D eigenvalue weighted by Gasteiger charge is -2.06. The molecule has 0 spiro atoms. The topological polar surface area (TPSA) is 52.1 Å². The van der Waals surface area contributed by atoms with E-state index in [0.717, 1.165) is 24.8 Å². The molecule has 1 heterocycles. The highest BCUT2D eigenvalue weighted by Crippen LogP contribution is 2.17. The molecule has 1 aromatic carbocycles. The van der Waals surface area contributed by atoms with E-state index in [-0.39, 0.29) is 5.97 Å². The number of aryl methyl sites for hydroxylation is 1. The van der Waals surface area contributed by atoms with Gasteiger partial charge in [-0.2, -0.15) is 0 Å². The van der Waals surface area contributed by atoms with E-state index >= 15 is 0 Å². The molecule has 31 heavy (non-hydrogen) atoms. The molecule has 0 saturated carbocycles. The molecule has 0 radical (unpaired) electrons. The van der Waals surface area contributed by atoms with Crippen molar-refractivity contribution in [2.45, 2.75) is 97.3 Å². The first-order chi connectivity index (χ1) is 15.2. The summed E-state index contributed by atoms with van der Waals surface area (Å²) in [5.74, 6) is 0.439. The molecular weight excluding hydrogens is 384 g/mol. The highest BCUT2D eigenvalue weighted by Gasteiger charge is 2.08. The number of benzene rings is 1. The van der Waals surface area contributed by atoms with Gasteiger partial charge in [-0.3, -0.25) is 0 Å². The number of aromatic nitrogens is 2. The summed E-state index contributed by atoms with van der Waals surface area (Å²) in [6.45, 7) is 4.96. The standard InChI is InChI=1S/C27H40N2O2/c1-3-5-7-9-10-11-12-14-20-31-27(30)25-18-16-24(17-19-25)26-28-21-23(22-29-26)15-13-8-6-4-2/h16-19,21-22H,3-15,20H2,1-2H3. The Balaban J connectivity index is 1.69. The molecule has 0 aliphatic rings. The average Bonchev–Trinajstić information content (AvgIpc) is 2.81.